The molecule has 0 radical (unpaired) electrons. The van der Waals surface area contributed by atoms with Crippen LogP contribution in [-0.4, -0.2) is 34.6 Å². The molecule has 132 valence electrons. The Morgan fingerprint density at radius 3 is 2.65 bits per heavy atom. The largest absolute Gasteiger partial charge is 0.733 e. The van der Waals surface area contributed by atoms with Crippen LogP contribution in [-0.2, 0) is 14.4 Å². The van der Waals surface area contributed by atoms with Gasteiger partial charge < -0.3 is 19.7 Å². The van der Waals surface area contributed by atoms with Crippen LogP contribution in [0.1, 0.15) is 10.6 Å². The summed E-state index contributed by atoms with van der Waals surface area (Å²) in [7, 11) is 0. The van der Waals surface area contributed by atoms with E-state index in [1.165, 1.54) is 42.7 Å². The lowest BCUT2D eigenvalue weighted by Gasteiger charge is -2.27. The minimum absolute atomic E-state index is 0.0480. The highest BCUT2D eigenvalue weighted by atomic mass is 16.8. The van der Waals surface area contributed by atoms with E-state index in [4.69, 9.17) is 9.25 Å². The molecule has 2 aliphatic heterocycles. The lowest BCUT2D eigenvalue weighted by Crippen LogP contribution is -2.35. The van der Waals surface area contributed by atoms with Crippen molar-refractivity contribution in [1.82, 2.24) is 0 Å². The first kappa shape index (κ1) is 16.0. The van der Waals surface area contributed by atoms with E-state index >= 15 is 0 Å². The molecule has 2 unspecified atom stereocenters. The Balaban J connectivity index is 1.71. The number of hydrogen-bond donors (Lipinski definition) is 1. The Morgan fingerprint density at radius 2 is 1.96 bits per heavy atom. The second kappa shape index (κ2) is 5.79. The summed E-state index contributed by atoms with van der Waals surface area (Å²) in [6.07, 6.45) is -0.0294. The number of imide groups is 1. The third kappa shape index (κ3) is 2.20. The van der Waals surface area contributed by atoms with Crippen LogP contribution in [0.15, 0.2) is 52.2 Å². The predicted octanol–water partition coefficient (Wildman–Crippen LogP) is 1.10. The number of rotatable bonds is 4. The molecule has 2 aliphatic rings. The number of fused-ring (bicyclic) bond motifs is 1. The van der Waals surface area contributed by atoms with Crippen LogP contribution in [0.5, 0.6) is 0 Å². The molecule has 0 spiro atoms. The number of Topliss-reactive ketones (excluding diaryl/α,β-unsaturated/α-hetero) is 1. The predicted molar refractivity (Wildman–Crippen MR) is 85.4 cm³/mol. The number of nitrogens with zero attached hydrogens (tertiary/aromatic N) is 3. The summed E-state index contributed by atoms with van der Waals surface area (Å²) in [5.41, 5.74) is -0.681. The first-order valence-electron chi connectivity index (χ1n) is 7.45. The van der Waals surface area contributed by atoms with E-state index < -0.39 is 34.8 Å². The van der Waals surface area contributed by atoms with Crippen molar-refractivity contribution < 1.29 is 28.8 Å². The van der Waals surface area contributed by atoms with E-state index in [0.717, 1.165) is 0 Å². The first-order valence-corrected chi connectivity index (χ1v) is 7.45. The highest BCUT2D eigenvalue weighted by molar-refractivity contribution is 6.52. The fourth-order valence-corrected chi connectivity index (χ4v) is 2.95. The van der Waals surface area contributed by atoms with E-state index in [0.29, 0.717) is 4.90 Å². The number of carbonyl (C=O) groups excluding carboxylic acids is 3. The van der Waals surface area contributed by atoms with Gasteiger partial charge in [0, 0.05) is 0 Å². The van der Waals surface area contributed by atoms with Crippen molar-refractivity contribution in [1.29, 1.82) is 0 Å². The molecule has 2 atom stereocenters. The van der Waals surface area contributed by atoms with Gasteiger partial charge in [-0.15, -0.1) is 0 Å². The standard InChI is InChI=1S/C16H10N3O7/c20-13(10-6-3-7-25-10)12-11-14(26-17-12)16(22)18(15(11)21)8-4-1-2-5-9(8)19(23)24/h1-7,11,14,23H/q-1. The Bertz CT molecular complexity index is 935. The molecule has 0 bridgehead atoms. The van der Waals surface area contributed by atoms with Crippen molar-refractivity contribution in [2.24, 2.45) is 11.1 Å². The minimum Gasteiger partial charge on any atom is -0.733 e. The number of carbonyl (C=O) groups is 3. The third-order valence-corrected chi connectivity index (χ3v) is 4.12. The van der Waals surface area contributed by atoms with Gasteiger partial charge in [0.2, 0.25) is 17.8 Å². The quantitative estimate of drug-likeness (QED) is 0.489. The smallest absolute Gasteiger partial charge is 0.279 e. The molecule has 0 aliphatic carbocycles. The Hall–Kier alpha value is -3.50. The molecule has 3 heterocycles. The number of anilines is 2. The maximum atomic E-state index is 12.8. The summed E-state index contributed by atoms with van der Waals surface area (Å²) in [6.45, 7) is 0. The van der Waals surface area contributed by atoms with Gasteiger partial charge in [0.05, 0.1) is 17.6 Å². The molecule has 1 fully saturated rings. The first-order chi connectivity index (χ1) is 12.5. The lowest BCUT2D eigenvalue weighted by atomic mass is 9.96. The summed E-state index contributed by atoms with van der Waals surface area (Å²) >= 11 is 0. The average Bonchev–Trinajstić information content (AvgIpc) is 3.34. The van der Waals surface area contributed by atoms with Crippen molar-refractivity contribution in [3.8, 4) is 0 Å². The number of hydrogen-bond acceptors (Lipinski definition) is 9. The number of para-hydroxylation sites is 2. The van der Waals surface area contributed by atoms with Gasteiger partial charge in [-0.25, -0.2) is 4.90 Å². The summed E-state index contributed by atoms with van der Waals surface area (Å²) in [4.78, 5) is 43.6. The topological polar surface area (TPSA) is 136 Å². The van der Waals surface area contributed by atoms with Crippen LogP contribution in [0.4, 0.5) is 11.4 Å². The van der Waals surface area contributed by atoms with Crippen molar-refractivity contribution in [2.45, 2.75) is 6.10 Å². The molecule has 2 aromatic rings. The fraction of sp³-hybridized carbons (Fsp3) is 0.125. The van der Waals surface area contributed by atoms with Crippen LogP contribution >= 0.6 is 0 Å². The minimum atomic E-state index is -1.32. The normalized spacial score (nSPS) is 21.5. The summed E-state index contributed by atoms with van der Waals surface area (Å²) < 4.78 is 5.00. The second-order valence-electron chi connectivity index (χ2n) is 5.56. The molecule has 1 saturated heterocycles. The number of benzene rings is 1. The molecular formula is C16H10N3O7-. The summed E-state index contributed by atoms with van der Waals surface area (Å²) in [6, 6.07) is 8.39. The Labute approximate surface area is 145 Å². The van der Waals surface area contributed by atoms with Crippen LogP contribution in [0, 0.1) is 11.1 Å². The molecule has 4 rings (SSSR count). The molecular weight excluding hydrogens is 346 g/mol. The molecule has 1 aromatic carbocycles. The van der Waals surface area contributed by atoms with Gasteiger partial charge >= 0.3 is 0 Å². The van der Waals surface area contributed by atoms with Crippen LogP contribution in [0.3, 0.4) is 0 Å². The van der Waals surface area contributed by atoms with Crippen LogP contribution in [0.25, 0.3) is 0 Å². The third-order valence-electron chi connectivity index (χ3n) is 4.12. The van der Waals surface area contributed by atoms with Crippen molar-refractivity contribution in [3.05, 3.63) is 53.6 Å². The van der Waals surface area contributed by atoms with E-state index in [-0.39, 0.29) is 22.8 Å². The maximum Gasteiger partial charge on any atom is 0.279 e. The average molecular weight is 356 g/mol. The van der Waals surface area contributed by atoms with Gasteiger partial charge in [0.15, 0.2) is 5.76 Å². The van der Waals surface area contributed by atoms with Gasteiger partial charge in [0.25, 0.3) is 5.91 Å². The Morgan fingerprint density at radius 1 is 1.19 bits per heavy atom. The number of furan rings is 1. The highest BCUT2D eigenvalue weighted by Crippen LogP contribution is 2.38. The number of oxime groups is 1. The van der Waals surface area contributed by atoms with Crippen molar-refractivity contribution in [2.75, 3.05) is 10.1 Å². The zero-order valence-corrected chi connectivity index (χ0v) is 12.9. The van der Waals surface area contributed by atoms with Gasteiger partial charge in [-0.05, 0) is 24.3 Å². The molecule has 1 aromatic heterocycles. The van der Waals surface area contributed by atoms with Gasteiger partial charge in [-0.3, -0.25) is 19.6 Å². The maximum absolute atomic E-state index is 12.8. The molecule has 10 nitrogen and oxygen atoms in total. The van der Waals surface area contributed by atoms with Crippen LogP contribution in [0.2, 0.25) is 0 Å². The molecule has 10 heteroatoms. The molecule has 26 heavy (non-hydrogen) atoms. The number of amides is 2. The Kier molecular flexibility index (Phi) is 3.56. The van der Waals surface area contributed by atoms with Crippen molar-refractivity contribution >= 4 is 34.7 Å². The van der Waals surface area contributed by atoms with Gasteiger partial charge in [-0.1, -0.05) is 17.3 Å². The second-order valence-corrected chi connectivity index (χ2v) is 5.56. The van der Waals surface area contributed by atoms with Gasteiger partial charge in [0.1, 0.15) is 11.6 Å². The van der Waals surface area contributed by atoms with E-state index in [1.54, 1.807) is 0 Å². The van der Waals surface area contributed by atoms with E-state index in [2.05, 4.69) is 5.16 Å². The molecule has 2 amide bonds. The van der Waals surface area contributed by atoms with E-state index in [9.17, 15) is 24.8 Å². The summed E-state index contributed by atoms with van der Waals surface area (Å²) in [5, 5.41) is 23.7. The zero-order valence-electron chi connectivity index (χ0n) is 12.9. The zero-order chi connectivity index (χ0) is 18.4. The van der Waals surface area contributed by atoms with Crippen LogP contribution < -0.4 is 10.1 Å². The monoisotopic (exact) mass is 356 g/mol. The van der Waals surface area contributed by atoms with Crippen molar-refractivity contribution in [3.63, 3.8) is 0 Å². The molecule has 1 N–H and O–H groups in total. The molecule has 0 saturated carbocycles. The highest BCUT2D eigenvalue weighted by Gasteiger charge is 2.58. The summed E-state index contributed by atoms with van der Waals surface area (Å²) in [5.74, 6) is -3.56. The lowest BCUT2D eigenvalue weighted by molar-refractivity contribution is -0.126. The fourth-order valence-electron chi connectivity index (χ4n) is 2.95. The number of ketones is 1. The van der Waals surface area contributed by atoms with Gasteiger partial charge in [-0.2, -0.15) is 0 Å². The van der Waals surface area contributed by atoms with E-state index in [1.807, 2.05) is 0 Å². The SMILES string of the molecule is O=C(C1=NOC2C(=O)N(c3ccccc3N([O-])O)C(=O)C12)c1ccco1.